The number of nitrogens with one attached hydrogen (secondary N) is 4. The summed E-state index contributed by atoms with van der Waals surface area (Å²) in [6.07, 6.45) is 3.91. The third-order valence-electron chi connectivity index (χ3n) is 5.45. The number of rotatable bonds is 9. The van der Waals surface area contributed by atoms with E-state index >= 15 is 0 Å². The van der Waals surface area contributed by atoms with Crippen LogP contribution in [0.25, 0.3) is 11.0 Å². The van der Waals surface area contributed by atoms with Crippen LogP contribution in [-0.4, -0.2) is 77.1 Å². The van der Waals surface area contributed by atoms with E-state index in [1.54, 1.807) is 20.2 Å². The Hall–Kier alpha value is -3.05. The highest BCUT2D eigenvalue weighted by molar-refractivity contribution is 5.98. The summed E-state index contributed by atoms with van der Waals surface area (Å²) in [5.74, 6) is 0.290. The van der Waals surface area contributed by atoms with E-state index in [2.05, 4.69) is 43.1 Å². The first-order chi connectivity index (χ1) is 15.2. The Morgan fingerprint density at radius 3 is 2.66 bits per heavy atom. The summed E-state index contributed by atoms with van der Waals surface area (Å²) in [6.45, 7) is 6.08. The van der Waals surface area contributed by atoms with Gasteiger partial charge in [0, 0.05) is 39.9 Å². The molecule has 0 unspecified atom stereocenters. The van der Waals surface area contributed by atoms with Crippen LogP contribution in [0.15, 0.2) is 12.3 Å². The van der Waals surface area contributed by atoms with E-state index in [-0.39, 0.29) is 23.9 Å². The van der Waals surface area contributed by atoms with Crippen molar-refractivity contribution in [3.05, 3.63) is 17.8 Å². The van der Waals surface area contributed by atoms with Crippen molar-refractivity contribution in [3.63, 3.8) is 0 Å². The topological polar surface area (TPSA) is 150 Å². The lowest BCUT2D eigenvalue weighted by Crippen LogP contribution is -2.53. The largest absolute Gasteiger partial charge is 0.368 e. The molecule has 11 nitrogen and oxygen atoms in total. The van der Waals surface area contributed by atoms with E-state index in [4.69, 9.17) is 5.73 Å². The van der Waals surface area contributed by atoms with Crippen LogP contribution < -0.4 is 27.0 Å². The number of carbonyl (C=O) groups excluding carboxylic acids is 2. The molecule has 1 aliphatic rings. The average molecular weight is 444 g/mol. The van der Waals surface area contributed by atoms with Gasteiger partial charge in [-0.25, -0.2) is 9.97 Å². The van der Waals surface area contributed by atoms with Crippen molar-refractivity contribution < 1.29 is 9.59 Å². The summed E-state index contributed by atoms with van der Waals surface area (Å²) in [7, 11) is 3.36. The Morgan fingerprint density at radius 1 is 1.28 bits per heavy atom. The number of anilines is 2. The molecular weight excluding hydrogens is 410 g/mol. The van der Waals surface area contributed by atoms with E-state index in [1.165, 1.54) is 11.1 Å². The Balaban J connectivity index is 1.86. The number of aromatic nitrogens is 3. The van der Waals surface area contributed by atoms with Crippen LogP contribution in [0, 0.1) is 0 Å². The van der Waals surface area contributed by atoms with Gasteiger partial charge in [0.15, 0.2) is 5.82 Å². The van der Waals surface area contributed by atoms with Crippen LogP contribution in [0.2, 0.25) is 0 Å². The van der Waals surface area contributed by atoms with Crippen LogP contribution in [-0.2, 0) is 4.79 Å². The monoisotopic (exact) mass is 443 g/mol. The van der Waals surface area contributed by atoms with Crippen molar-refractivity contribution in [1.29, 1.82) is 0 Å². The molecular formula is C21H33N9O2. The van der Waals surface area contributed by atoms with Crippen LogP contribution in [0.1, 0.15) is 43.5 Å². The first kappa shape index (κ1) is 23.6. The number of pyridine rings is 1. The van der Waals surface area contributed by atoms with Gasteiger partial charge in [-0.1, -0.05) is 19.8 Å². The smallest absolute Gasteiger partial charge is 0.254 e. The average Bonchev–Trinajstić information content (AvgIpc) is 3.30. The molecule has 174 valence electrons. The second kappa shape index (κ2) is 10.0. The summed E-state index contributed by atoms with van der Waals surface area (Å²) < 4.78 is 0. The minimum absolute atomic E-state index is 0.0810. The minimum Gasteiger partial charge on any atom is -0.368 e. The Labute approximate surface area is 187 Å². The van der Waals surface area contributed by atoms with Gasteiger partial charge >= 0.3 is 0 Å². The molecule has 0 radical (unpaired) electrons. The second-order valence-corrected chi connectivity index (χ2v) is 8.57. The van der Waals surface area contributed by atoms with Gasteiger partial charge in [0.05, 0.1) is 16.6 Å². The molecule has 3 rings (SSSR count). The molecule has 0 spiro atoms. The van der Waals surface area contributed by atoms with E-state index in [0.29, 0.717) is 29.0 Å². The predicted octanol–water partition coefficient (Wildman–Crippen LogP) is 0.305. The third kappa shape index (κ3) is 5.60. The van der Waals surface area contributed by atoms with Crippen LogP contribution in [0.4, 0.5) is 11.8 Å². The summed E-state index contributed by atoms with van der Waals surface area (Å²) in [4.78, 5) is 39.4. The summed E-state index contributed by atoms with van der Waals surface area (Å²) >= 11 is 0. The lowest BCUT2D eigenvalue weighted by atomic mass is 9.94. The molecule has 6 N–H and O–H groups in total. The Kier molecular flexibility index (Phi) is 7.41. The summed E-state index contributed by atoms with van der Waals surface area (Å²) in [5.41, 5.74) is 6.89. The predicted molar refractivity (Wildman–Crippen MR) is 124 cm³/mol. The SMILES string of the molecule is CCCC[C@](C)(CNC(=O)C1NCCN1)Nc1nc(N)nc2cc(C(=O)N(C)C)cnc12. The molecule has 11 heteroatoms. The van der Waals surface area contributed by atoms with Crippen molar-refractivity contribution in [3.8, 4) is 0 Å². The highest BCUT2D eigenvalue weighted by Gasteiger charge is 2.29. The van der Waals surface area contributed by atoms with Gasteiger partial charge in [-0.05, 0) is 19.4 Å². The van der Waals surface area contributed by atoms with E-state index in [9.17, 15) is 9.59 Å². The third-order valence-corrected chi connectivity index (χ3v) is 5.45. The first-order valence-electron chi connectivity index (χ1n) is 10.9. The molecule has 1 aliphatic heterocycles. The molecule has 3 heterocycles. The Morgan fingerprint density at radius 2 is 2.00 bits per heavy atom. The molecule has 2 aromatic heterocycles. The van der Waals surface area contributed by atoms with Crippen molar-refractivity contribution in [1.82, 2.24) is 35.8 Å². The molecule has 0 aliphatic carbocycles. The maximum absolute atomic E-state index is 12.5. The number of nitrogens with two attached hydrogens (primary N) is 1. The van der Waals surface area contributed by atoms with E-state index in [1.807, 2.05) is 6.92 Å². The van der Waals surface area contributed by atoms with Crippen molar-refractivity contribution in [2.24, 2.45) is 0 Å². The van der Waals surface area contributed by atoms with Gasteiger partial charge in [0.1, 0.15) is 11.7 Å². The number of hydrogen-bond acceptors (Lipinski definition) is 9. The van der Waals surface area contributed by atoms with Crippen molar-refractivity contribution in [2.45, 2.75) is 44.8 Å². The molecule has 1 fully saturated rings. The zero-order chi connectivity index (χ0) is 23.3. The number of hydrogen-bond donors (Lipinski definition) is 5. The van der Waals surface area contributed by atoms with Gasteiger partial charge in [0.25, 0.3) is 11.8 Å². The number of unbranched alkanes of at least 4 members (excludes halogenated alkanes) is 1. The molecule has 0 aromatic carbocycles. The normalized spacial score (nSPS) is 16.0. The van der Waals surface area contributed by atoms with Gasteiger partial charge in [0.2, 0.25) is 5.95 Å². The van der Waals surface area contributed by atoms with Crippen LogP contribution in [0.5, 0.6) is 0 Å². The number of nitrogens with zero attached hydrogens (tertiary/aromatic N) is 4. The zero-order valence-corrected chi connectivity index (χ0v) is 19.2. The summed E-state index contributed by atoms with van der Waals surface area (Å²) in [6, 6.07) is 1.66. The second-order valence-electron chi connectivity index (χ2n) is 8.57. The number of nitrogen functional groups attached to an aromatic ring is 1. The molecule has 0 saturated carbocycles. The summed E-state index contributed by atoms with van der Waals surface area (Å²) in [5, 5.41) is 12.7. The molecule has 1 atom stereocenters. The number of carbonyl (C=O) groups is 2. The standard InChI is InChI=1S/C21H33N9O2/c1-5-6-7-21(2,12-26-18(31)17-23-8-9-24-17)29-16-15-14(27-20(22)28-16)10-13(11-25-15)19(32)30(3)4/h10-11,17,23-24H,5-9,12H2,1-4H3,(H,26,31)(H3,22,27,28,29)/t21-/m1/s1. The molecule has 2 aromatic rings. The lowest BCUT2D eigenvalue weighted by Gasteiger charge is -2.32. The van der Waals surface area contributed by atoms with E-state index in [0.717, 1.165) is 32.4 Å². The van der Waals surface area contributed by atoms with Crippen molar-refractivity contribution >= 4 is 34.6 Å². The highest BCUT2D eigenvalue weighted by atomic mass is 16.2. The maximum atomic E-state index is 12.5. The van der Waals surface area contributed by atoms with Gasteiger partial charge in [-0.2, -0.15) is 4.98 Å². The fourth-order valence-electron chi connectivity index (χ4n) is 3.62. The number of fused-ring (bicyclic) bond motifs is 1. The first-order valence-corrected chi connectivity index (χ1v) is 10.9. The fourth-order valence-corrected chi connectivity index (χ4v) is 3.62. The minimum atomic E-state index is -0.488. The molecule has 32 heavy (non-hydrogen) atoms. The van der Waals surface area contributed by atoms with E-state index < -0.39 is 5.54 Å². The van der Waals surface area contributed by atoms with Crippen LogP contribution >= 0.6 is 0 Å². The highest BCUT2D eigenvalue weighted by Crippen LogP contribution is 2.26. The Bertz CT molecular complexity index is 975. The molecule has 2 amide bonds. The lowest BCUT2D eigenvalue weighted by molar-refractivity contribution is -0.123. The maximum Gasteiger partial charge on any atom is 0.254 e. The molecule has 1 saturated heterocycles. The van der Waals surface area contributed by atoms with Crippen molar-refractivity contribution in [2.75, 3.05) is 44.8 Å². The number of amides is 2. The quantitative estimate of drug-likeness (QED) is 0.369. The van der Waals surface area contributed by atoms with Gasteiger partial charge < -0.3 is 21.3 Å². The van der Waals surface area contributed by atoms with Gasteiger partial charge in [-0.15, -0.1) is 0 Å². The zero-order valence-electron chi connectivity index (χ0n) is 19.2. The molecule has 0 bridgehead atoms. The fraction of sp³-hybridized carbons (Fsp3) is 0.571. The van der Waals surface area contributed by atoms with Crippen LogP contribution in [0.3, 0.4) is 0 Å². The van der Waals surface area contributed by atoms with Gasteiger partial charge in [-0.3, -0.25) is 20.2 Å².